The van der Waals surface area contributed by atoms with E-state index in [0.29, 0.717) is 23.4 Å². The number of nitro groups is 1. The van der Waals surface area contributed by atoms with Gasteiger partial charge in [0.15, 0.2) is 0 Å². The third-order valence-electron chi connectivity index (χ3n) is 5.01. The largest absolute Gasteiger partial charge is 0.463 e. The van der Waals surface area contributed by atoms with E-state index in [9.17, 15) is 19.7 Å². The number of esters is 1. The Hall–Kier alpha value is -3.48. The number of allylic oxidation sites excluding steroid dienone is 1. The van der Waals surface area contributed by atoms with E-state index in [1.54, 1.807) is 30.9 Å². The van der Waals surface area contributed by atoms with Crippen molar-refractivity contribution in [3.05, 3.63) is 87.1 Å². The van der Waals surface area contributed by atoms with Crippen molar-refractivity contribution in [3.63, 3.8) is 0 Å². The summed E-state index contributed by atoms with van der Waals surface area (Å²) in [6.07, 6.45) is 0.0934. The molecular formula is C22H22N2O5. The third kappa shape index (κ3) is 4.34. The Balaban J connectivity index is 2.01. The molecule has 2 aromatic carbocycles. The predicted octanol–water partition coefficient (Wildman–Crippen LogP) is 3.95. The van der Waals surface area contributed by atoms with Gasteiger partial charge in [-0.05, 0) is 25.0 Å². The summed E-state index contributed by atoms with van der Waals surface area (Å²) in [5, 5.41) is 10.9. The number of carbonyl (C=O) groups excluding carboxylic acids is 2. The fourth-order valence-electron chi connectivity index (χ4n) is 3.56. The zero-order valence-electron chi connectivity index (χ0n) is 16.3. The lowest BCUT2D eigenvalue weighted by Gasteiger charge is -2.34. The average Bonchev–Trinajstić information content (AvgIpc) is 2.71. The molecular weight excluding hydrogens is 372 g/mol. The first-order valence-electron chi connectivity index (χ1n) is 9.39. The van der Waals surface area contributed by atoms with Crippen molar-refractivity contribution in [1.82, 2.24) is 4.90 Å². The Kier molecular flexibility index (Phi) is 6.07. The number of hydrogen-bond acceptors (Lipinski definition) is 5. The first-order chi connectivity index (χ1) is 13.9. The van der Waals surface area contributed by atoms with Crippen LogP contribution in [0, 0.1) is 10.1 Å². The molecule has 0 aliphatic carbocycles. The van der Waals surface area contributed by atoms with Gasteiger partial charge in [-0.1, -0.05) is 42.5 Å². The van der Waals surface area contributed by atoms with E-state index in [1.165, 1.54) is 12.1 Å². The lowest BCUT2D eigenvalue weighted by atomic mass is 9.83. The lowest BCUT2D eigenvalue weighted by Crippen LogP contribution is -2.38. The van der Waals surface area contributed by atoms with Gasteiger partial charge < -0.3 is 9.64 Å². The first-order valence-corrected chi connectivity index (χ1v) is 9.39. The minimum absolute atomic E-state index is 0.0417. The highest BCUT2D eigenvalue weighted by Gasteiger charge is 2.37. The van der Waals surface area contributed by atoms with Crippen LogP contribution in [0.4, 0.5) is 5.69 Å². The van der Waals surface area contributed by atoms with Crippen LogP contribution in [0.1, 0.15) is 37.3 Å². The van der Waals surface area contributed by atoms with Crippen LogP contribution < -0.4 is 0 Å². The Morgan fingerprint density at radius 2 is 1.83 bits per heavy atom. The second kappa shape index (κ2) is 8.68. The number of benzene rings is 2. The quantitative estimate of drug-likeness (QED) is 0.420. The number of nitrogens with zero attached hydrogens (tertiary/aromatic N) is 2. The summed E-state index contributed by atoms with van der Waals surface area (Å²) in [5.41, 5.74) is 2.55. The zero-order valence-corrected chi connectivity index (χ0v) is 16.3. The highest BCUT2D eigenvalue weighted by molar-refractivity contribution is 5.95. The molecule has 150 valence electrons. The molecule has 1 atom stereocenters. The molecule has 0 saturated heterocycles. The second-order valence-electron chi connectivity index (χ2n) is 6.79. The molecule has 0 bridgehead atoms. The van der Waals surface area contributed by atoms with Gasteiger partial charge in [0.1, 0.15) is 0 Å². The minimum atomic E-state index is -0.505. The summed E-state index contributed by atoms with van der Waals surface area (Å²) < 4.78 is 5.26. The summed E-state index contributed by atoms with van der Waals surface area (Å²) in [4.78, 5) is 37.7. The molecule has 0 N–H and O–H groups in total. The van der Waals surface area contributed by atoms with Gasteiger partial charge >= 0.3 is 5.97 Å². The number of hydrogen-bond donors (Lipinski definition) is 0. The molecule has 1 heterocycles. The lowest BCUT2D eigenvalue weighted by molar-refractivity contribution is -0.384. The Bertz CT molecular complexity index is 951. The molecule has 0 spiro atoms. The van der Waals surface area contributed by atoms with Gasteiger partial charge in [0.2, 0.25) is 5.91 Å². The van der Waals surface area contributed by atoms with Crippen LogP contribution in [0.15, 0.2) is 65.9 Å². The van der Waals surface area contributed by atoms with Crippen molar-refractivity contribution in [2.45, 2.75) is 32.7 Å². The van der Waals surface area contributed by atoms with Gasteiger partial charge in [-0.15, -0.1) is 0 Å². The van der Waals surface area contributed by atoms with Gasteiger partial charge in [-0.3, -0.25) is 14.9 Å². The number of rotatable bonds is 6. The summed E-state index contributed by atoms with van der Waals surface area (Å²) in [6, 6.07) is 15.5. The number of non-ortho nitro benzene ring substituents is 1. The maximum atomic E-state index is 12.9. The standard InChI is InChI=1S/C22H22N2O5/c1-3-29-22(26)21-15(2)23(14-16-7-5-4-6-8-16)20(25)13-19(21)17-9-11-18(12-10-17)24(27)28/h4-12,19H,3,13-14H2,1-2H3. The van der Waals surface area contributed by atoms with Gasteiger partial charge in [0.05, 0.1) is 23.6 Å². The van der Waals surface area contributed by atoms with Crippen LogP contribution in [0.2, 0.25) is 0 Å². The third-order valence-corrected chi connectivity index (χ3v) is 5.01. The van der Waals surface area contributed by atoms with E-state index >= 15 is 0 Å². The predicted molar refractivity (Wildman–Crippen MR) is 107 cm³/mol. The van der Waals surface area contributed by atoms with E-state index in [4.69, 9.17) is 4.74 Å². The monoisotopic (exact) mass is 394 g/mol. The summed E-state index contributed by atoms with van der Waals surface area (Å²) in [7, 11) is 0. The maximum absolute atomic E-state index is 12.9. The maximum Gasteiger partial charge on any atom is 0.336 e. The van der Waals surface area contributed by atoms with Crippen molar-refractivity contribution < 1.29 is 19.2 Å². The minimum Gasteiger partial charge on any atom is -0.463 e. The molecule has 0 aromatic heterocycles. The second-order valence-corrected chi connectivity index (χ2v) is 6.79. The molecule has 1 aliphatic rings. The van der Waals surface area contributed by atoms with E-state index < -0.39 is 16.8 Å². The highest BCUT2D eigenvalue weighted by Crippen LogP contribution is 2.38. The van der Waals surface area contributed by atoms with E-state index in [0.717, 1.165) is 5.56 Å². The number of nitro benzene ring substituents is 1. The fraction of sp³-hybridized carbons (Fsp3) is 0.273. The van der Waals surface area contributed by atoms with E-state index in [1.807, 2.05) is 30.3 Å². The van der Waals surface area contributed by atoms with Gasteiger partial charge in [-0.25, -0.2) is 4.79 Å². The van der Waals surface area contributed by atoms with Crippen molar-refractivity contribution in [3.8, 4) is 0 Å². The number of carbonyl (C=O) groups is 2. The molecule has 1 amide bonds. The Labute approximate surface area is 168 Å². The van der Waals surface area contributed by atoms with Gasteiger partial charge in [0.25, 0.3) is 5.69 Å². The molecule has 7 nitrogen and oxygen atoms in total. The smallest absolute Gasteiger partial charge is 0.336 e. The van der Waals surface area contributed by atoms with Crippen molar-refractivity contribution >= 4 is 17.6 Å². The molecule has 3 rings (SSSR count). The zero-order chi connectivity index (χ0) is 21.0. The van der Waals surface area contributed by atoms with Gasteiger partial charge in [0, 0.05) is 30.2 Å². The topological polar surface area (TPSA) is 89.8 Å². The van der Waals surface area contributed by atoms with Crippen LogP contribution >= 0.6 is 0 Å². The summed E-state index contributed by atoms with van der Waals surface area (Å²) in [6.45, 7) is 4.05. The summed E-state index contributed by atoms with van der Waals surface area (Å²) in [5.74, 6) is -1.09. The van der Waals surface area contributed by atoms with E-state index in [-0.39, 0.29) is 24.6 Å². The Morgan fingerprint density at radius 1 is 1.17 bits per heavy atom. The average molecular weight is 394 g/mol. The summed E-state index contributed by atoms with van der Waals surface area (Å²) >= 11 is 0. The van der Waals surface area contributed by atoms with Crippen LogP contribution in [0.5, 0.6) is 0 Å². The van der Waals surface area contributed by atoms with Crippen LogP contribution in [0.3, 0.4) is 0 Å². The molecule has 1 unspecified atom stereocenters. The fourth-order valence-corrected chi connectivity index (χ4v) is 3.56. The van der Waals surface area contributed by atoms with Crippen LogP contribution in [-0.4, -0.2) is 28.3 Å². The van der Waals surface area contributed by atoms with Crippen LogP contribution in [-0.2, 0) is 20.9 Å². The molecule has 0 saturated carbocycles. The molecule has 1 aliphatic heterocycles. The number of amides is 1. The molecule has 0 radical (unpaired) electrons. The highest BCUT2D eigenvalue weighted by atomic mass is 16.6. The molecule has 0 fully saturated rings. The van der Waals surface area contributed by atoms with Crippen LogP contribution in [0.25, 0.3) is 0 Å². The van der Waals surface area contributed by atoms with Crippen molar-refractivity contribution in [2.24, 2.45) is 0 Å². The first kappa shape index (κ1) is 20.3. The van der Waals surface area contributed by atoms with Crippen molar-refractivity contribution in [2.75, 3.05) is 6.61 Å². The molecule has 2 aromatic rings. The molecule has 29 heavy (non-hydrogen) atoms. The molecule has 7 heteroatoms. The van der Waals surface area contributed by atoms with E-state index in [2.05, 4.69) is 0 Å². The Morgan fingerprint density at radius 3 is 2.41 bits per heavy atom. The SMILES string of the molecule is CCOC(=O)C1=C(C)N(Cc2ccccc2)C(=O)CC1c1ccc([N+](=O)[O-])cc1. The number of ether oxygens (including phenoxy) is 1. The van der Waals surface area contributed by atoms with Gasteiger partial charge in [-0.2, -0.15) is 0 Å². The van der Waals surface area contributed by atoms with Crippen molar-refractivity contribution in [1.29, 1.82) is 0 Å². The normalized spacial score (nSPS) is 16.7.